The van der Waals surface area contributed by atoms with Crippen molar-refractivity contribution in [2.45, 2.75) is 49.8 Å². The van der Waals surface area contributed by atoms with Gasteiger partial charge in [0.05, 0.1) is 12.6 Å². The van der Waals surface area contributed by atoms with E-state index in [4.69, 9.17) is 10.6 Å². The number of rotatable bonds is 5. The Balaban J connectivity index is 1.77. The number of thioether (sulfide) groups is 1. The molecular formula is C12H22N2OS. The van der Waals surface area contributed by atoms with Crippen molar-refractivity contribution in [2.24, 2.45) is 5.84 Å². The summed E-state index contributed by atoms with van der Waals surface area (Å²) in [6.45, 7) is 0.845. The quantitative estimate of drug-likeness (QED) is 0.573. The van der Waals surface area contributed by atoms with Gasteiger partial charge in [0.25, 0.3) is 0 Å². The van der Waals surface area contributed by atoms with Crippen LogP contribution in [-0.2, 0) is 4.74 Å². The SMILES string of the molecule is NNC(CSC1CCCC1)C1=CCCCO1. The van der Waals surface area contributed by atoms with Crippen LogP contribution in [0.4, 0.5) is 0 Å². The fourth-order valence-electron chi connectivity index (χ4n) is 2.32. The van der Waals surface area contributed by atoms with E-state index in [0.29, 0.717) is 0 Å². The molecule has 16 heavy (non-hydrogen) atoms. The third-order valence-electron chi connectivity index (χ3n) is 3.31. The molecule has 0 aromatic heterocycles. The van der Waals surface area contributed by atoms with Gasteiger partial charge in [-0.05, 0) is 31.8 Å². The first-order valence-corrected chi connectivity index (χ1v) is 7.35. The van der Waals surface area contributed by atoms with E-state index in [9.17, 15) is 0 Å². The minimum Gasteiger partial charge on any atom is -0.497 e. The number of hydrogen-bond donors (Lipinski definition) is 2. The van der Waals surface area contributed by atoms with E-state index >= 15 is 0 Å². The lowest BCUT2D eigenvalue weighted by atomic mass is 10.2. The van der Waals surface area contributed by atoms with Crippen LogP contribution in [0.5, 0.6) is 0 Å². The van der Waals surface area contributed by atoms with Gasteiger partial charge in [-0.1, -0.05) is 12.8 Å². The van der Waals surface area contributed by atoms with Crippen molar-refractivity contribution >= 4 is 11.8 Å². The molecule has 0 bridgehead atoms. The Hall–Kier alpha value is -0.190. The van der Waals surface area contributed by atoms with Crippen LogP contribution >= 0.6 is 11.8 Å². The maximum Gasteiger partial charge on any atom is 0.111 e. The largest absolute Gasteiger partial charge is 0.497 e. The second-order valence-corrected chi connectivity index (χ2v) is 5.89. The van der Waals surface area contributed by atoms with Crippen molar-refractivity contribution in [1.29, 1.82) is 0 Å². The standard InChI is InChI=1S/C12H22N2OS/c13-14-11(12-7-3-4-8-15-12)9-16-10-5-1-2-6-10/h7,10-11,14H,1-6,8-9,13H2. The maximum absolute atomic E-state index is 5.65. The van der Waals surface area contributed by atoms with E-state index in [1.54, 1.807) is 0 Å². The predicted octanol–water partition coefficient (Wildman–Crippen LogP) is 2.19. The number of allylic oxidation sites excluding steroid dienone is 1. The molecule has 0 saturated heterocycles. The topological polar surface area (TPSA) is 47.3 Å². The molecule has 0 aromatic carbocycles. The summed E-state index contributed by atoms with van der Waals surface area (Å²) in [6.07, 6.45) is 10.0. The average Bonchev–Trinajstić information content (AvgIpc) is 2.84. The zero-order valence-corrected chi connectivity index (χ0v) is 10.6. The van der Waals surface area contributed by atoms with E-state index in [1.165, 1.54) is 25.7 Å². The second kappa shape index (κ2) is 6.52. The highest BCUT2D eigenvalue weighted by molar-refractivity contribution is 7.99. The molecule has 0 radical (unpaired) electrons. The highest BCUT2D eigenvalue weighted by atomic mass is 32.2. The minimum absolute atomic E-state index is 0.200. The van der Waals surface area contributed by atoms with Crippen LogP contribution in [0.15, 0.2) is 11.8 Å². The van der Waals surface area contributed by atoms with Gasteiger partial charge in [0.15, 0.2) is 0 Å². The Morgan fingerprint density at radius 3 is 2.88 bits per heavy atom. The summed E-state index contributed by atoms with van der Waals surface area (Å²) in [5.74, 6) is 7.69. The fraction of sp³-hybridized carbons (Fsp3) is 0.833. The van der Waals surface area contributed by atoms with Gasteiger partial charge in [-0.3, -0.25) is 5.84 Å². The monoisotopic (exact) mass is 242 g/mol. The van der Waals surface area contributed by atoms with Gasteiger partial charge in [0.2, 0.25) is 0 Å². The van der Waals surface area contributed by atoms with Gasteiger partial charge in [-0.25, -0.2) is 5.43 Å². The van der Waals surface area contributed by atoms with Crippen LogP contribution < -0.4 is 11.3 Å². The molecule has 4 heteroatoms. The van der Waals surface area contributed by atoms with Crippen LogP contribution in [-0.4, -0.2) is 23.7 Å². The zero-order valence-electron chi connectivity index (χ0n) is 9.78. The molecule has 2 aliphatic rings. The van der Waals surface area contributed by atoms with Crippen molar-refractivity contribution in [3.05, 3.63) is 11.8 Å². The van der Waals surface area contributed by atoms with E-state index in [0.717, 1.165) is 36.2 Å². The summed E-state index contributed by atoms with van der Waals surface area (Å²) in [5.41, 5.74) is 2.88. The Morgan fingerprint density at radius 2 is 2.25 bits per heavy atom. The summed E-state index contributed by atoms with van der Waals surface area (Å²) in [6, 6.07) is 0.200. The highest BCUT2D eigenvalue weighted by Gasteiger charge is 2.21. The summed E-state index contributed by atoms with van der Waals surface area (Å²) < 4.78 is 5.65. The normalized spacial score (nSPS) is 23.9. The van der Waals surface area contributed by atoms with E-state index in [1.807, 2.05) is 11.8 Å². The van der Waals surface area contributed by atoms with Crippen LogP contribution in [0.25, 0.3) is 0 Å². The van der Waals surface area contributed by atoms with Gasteiger partial charge < -0.3 is 4.74 Å². The molecular weight excluding hydrogens is 220 g/mol. The molecule has 1 atom stereocenters. The molecule has 1 saturated carbocycles. The molecule has 1 aliphatic carbocycles. The van der Waals surface area contributed by atoms with Crippen molar-refractivity contribution in [3.63, 3.8) is 0 Å². The predicted molar refractivity (Wildman–Crippen MR) is 69.1 cm³/mol. The third kappa shape index (κ3) is 3.40. The summed E-state index contributed by atoms with van der Waals surface area (Å²) in [5, 5.41) is 0.847. The lowest BCUT2D eigenvalue weighted by molar-refractivity contribution is 0.172. The molecule has 3 N–H and O–H groups in total. The third-order valence-corrected chi connectivity index (χ3v) is 4.78. The summed E-state index contributed by atoms with van der Waals surface area (Å²) in [4.78, 5) is 0. The Kier molecular flexibility index (Phi) is 5.00. The lowest BCUT2D eigenvalue weighted by Crippen LogP contribution is -2.40. The number of hydrazine groups is 1. The van der Waals surface area contributed by atoms with Gasteiger partial charge in [-0.2, -0.15) is 11.8 Å². The second-order valence-electron chi connectivity index (χ2n) is 4.56. The van der Waals surface area contributed by atoms with Crippen LogP contribution in [0.2, 0.25) is 0 Å². The molecule has 0 amide bonds. The van der Waals surface area contributed by atoms with Crippen molar-refractivity contribution < 1.29 is 4.74 Å². The van der Waals surface area contributed by atoms with E-state index < -0.39 is 0 Å². The van der Waals surface area contributed by atoms with Gasteiger partial charge in [0.1, 0.15) is 5.76 Å². The molecule has 2 rings (SSSR count). The average molecular weight is 242 g/mol. The van der Waals surface area contributed by atoms with E-state index in [2.05, 4.69) is 11.5 Å². The van der Waals surface area contributed by atoms with Gasteiger partial charge >= 0.3 is 0 Å². The molecule has 0 spiro atoms. The Bertz CT molecular complexity index is 239. The van der Waals surface area contributed by atoms with Crippen LogP contribution in [0.1, 0.15) is 38.5 Å². The Morgan fingerprint density at radius 1 is 1.44 bits per heavy atom. The van der Waals surface area contributed by atoms with Crippen LogP contribution in [0, 0.1) is 0 Å². The first kappa shape index (κ1) is 12.3. The first-order valence-electron chi connectivity index (χ1n) is 6.30. The smallest absolute Gasteiger partial charge is 0.111 e. The number of hydrogen-bond acceptors (Lipinski definition) is 4. The molecule has 0 aromatic rings. The molecule has 1 fully saturated rings. The fourth-order valence-corrected chi connectivity index (χ4v) is 3.71. The molecule has 92 valence electrons. The summed E-state index contributed by atoms with van der Waals surface area (Å²) >= 11 is 2.05. The summed E-state index contributed by atoms with van der Waals surface area (Å²) in [7, 11) is 0. The van der Waals surface area contributed by atoms with Crippen LogP contribution in [0.3, 0.4) is 0 Å². The molecule has 1 aliphatic heterocycles. The Labute approximate surface area is 102 Å². The number of nitrogens with two attached hydrogens (primary N) is 1. The maximum atomic E-state index is 5.65. The lowest BCUT2D eigenvalue weighted by Gasteiger charge is -2.23. The minimum atomic E-state index is 0.200. The zero-order chi connectivity index (χ0) is 11.2. The van der Waals surface area contributed by atoms with Crippen molar-refractivity contribution in [1.82, 2.24) is 5.43 Å². The number of ether oxygens (including phenoxy) is 1. The molecule has 1 unspecified atom stereocenters. The molecule has 1 heterocycles. The van der Waals surface area contributed by atoms with E-state index in [-0.39, 0.29) is 6.04 Å². The van der Waals surface area contributed by atoms with Gasteiger partial charge in [-0.15, -0.1) is 0 Å². The van der Waals surface area contributed by atoms with Crippen molar-refractivity contribution in [3.8, 4) is 0 Å². The highest BCUT2D eigenvalue weighted by Crippen LogP contribution is 2.30. The molecule has 3 nitrogen and oxygen atoms in total. The van der Waals surface area contributed by atoms with Crippen molar-refractivity contribution in [2.75, 3.05) is 12.4 Å². The van der Waals surface area contributed by atoms with Gasteiger partial charge in [0, 0.05) is 11.0 Å². The number of nitrogens with one attached hydrogen (secondary N) is 1. The first-order chi connectivity index (χ1) is 7.90.